The second kappa shape index (κ2) is 4.13. The summed E-state index contributed by atoms with van der Waals surface area (Å²) in [5.74, 6) is 4.89. The van der Waals surface area contributed by atoms with Crippen LogP contribution in [-0.2, 0) is 4.79 Å². The Balaban J connectivity index is 0.000000902. The summed E-state index contributed by atoms with van der Waals surface area (Å²) in [4.78, 5) is 12.1. The molecule has 3 aliphatic carbocycles. The van der Waals surface area contributed by atoms with Crippen LogP contribution < -0.4 is 10.6 Å². The van der Waals surface area contributed by atoms with Gasteiger partial charge in [-0.15, -0.1) is 12.4 Å². The molecule has 0 aromatic carbocycles. The molecule has 0 aromatic heterocycles. The highest BCUT2D eigenvalue weighted by atomic mass is 35.5. The van der Waals surface area contributed by atoms with Crippen molar-refractivity contribution in [3.05, 3.63) is 0 Å². The van der Waals surface area contributed by atoms with Crippen molar-refractivity contribution in [1.29, 1.82) is 0 Å². The Hall–Kier alpha value is -0.280. The van der Waals surface area contributed by atoms with Gasteiger partial charge in [0, 0.05) is 31.5 Å². The van der Waals surface area contributed by atoms with Gasteiger partial charge in [0.1, 0.15) is 0 Å². The Kier molecular flexibility index (Phi) is 2.86. The maximum Gasteiger partial charge on any atom is 0.223 e. The minimum Gasteiger partial charge on any atom is -0.355 e. The van der Waals surface area contributed by atoms with E-state index in [9.17, 15) is 4.79 Å². The van der Waals surface area contributed by atoms with Crippen LogP contribution in [0.4, 0.5) is 0 Å². The molecule has 4 aliphatic rings. The molecule has 96 valence electrons. The topological polar surface area (TPSA) is 41.1 Å². The second-order valence-corrected chi connectivity index (χ2v) is 6.28. The lowest BCUT2D eigenvalue weighted by atomic mass is 10.0. The van der Waals surface area contributed by atoms with E-state index >= 15 is 0 Å². The molecule has 0 aromatic rings. The van der Waals surface area contributed by atoms with Crippen LogP contribution in [0.3, 0.4) is 0 Å². The van der Waals surface area contributed by atoms with Crippen molar-refractivity contribution in [2.24, 2.45) is 35.5 Å². The first-order valence-electron chi connectivity index (χ1n) is 6.83. The SMILES string of the molecule is Cl.O=C(NCC1CNC1)C1C2C3CCC(C3)C12. The van der Waals surface area contributed by atoms with E-state index in [1.54, 1.807) is 0 Å². The van der Waals surface area contributed by atoms with E-state index in [0.29, 0.717) is 17.7 Å². The first-order chi connectivity index (χ1) is 7.84. The average Bonchev–Trinajstić information content (AvgIpc) is 2.66. The minimum atomic E-state index is 0. The standard InChI is InChI=1S/C13H20N2O.ClH/c16-13(15-6-7-4-14-5-7)12-10-8-1-2-9(3-8)11(10)12;/h7-12,14H,1-6H2,(H,15,16);1H. The minimum absolute atomic E-state index is 0. The van der Waals surface area contributed by atoms with Crippen LogP contribution in [0.2, 0.25) is 0 Å². The first-order valence-corrected chi connectivity index (χ1v) is 6.83. The molecular formula is C13H21ClN2O. The largest absolute Gasteiger partial charge is 0.355 e. The van der Waals surface area contributed by atoms with Gasteiger partial charge in [0.2, 0.25) is 5.91 Å². The highest BCUT2D eigenvalue weighted by Crippen LogP contribution is 2.69. The third-order valence-corrected chi connectivity index (χ3v) is 5.47. The summed E-state index contributed by atoms with van der Waals surface area (Å²) >= 11 is 0. The van der Waals surface area contributed by atoms with Gasteiger partial charge in [-0.2, -0.15) is 0 Å². The van der Waals surface area contributed by atoms with Gasteiger partial charge < -0.3 is 10.6 Å². The Labute approximate surface area is 109 Å². The number of amides is 1. The van der Waals surface area contributed by atoms with E-state index in [1.807, 2.05) is 0 Å². The number of halogens is 1. The summed E-state index contributed by atoms with van der Waals surface area (Å²) in [6.45, 7) is 3.07. The fraction of sp³-hybridized carbons (Fsp3) is 0.923. The molecule has 2 N–H and O–H groups in total. The molecule has 1 aliphatic heterocycles. The summed E-state index contributed by atoms with van der Waals surface area (Å²) in [6.07, 6.45) is 4.25. The second-order valence-electron chi connectivity index (χ2n) is 6.28. The number of carbonyl (C=O) groups is 1. The van der Waals surface area contributed by atoms with Gasteiger partial charge in [-0.3, -0.25) is 4.79 Å². The number of hydrogen-bond acceptors (Lipinski definition) is 2. The third-order valence-electron chi connectivity index (χ3n) is 5.47. The Morgan fingerprint density at radius 3 is 2.35 bits per heavy atom. The fourth-order valence-electron chi connectivity index (χ4n) is 4.53. The molecule has 1 heterocycles. The molecule has 4 unspecified atom stereocenters. The molecular weight excluding hydrogens is 236 g/mol. The molecule has 4 atom stereocenters. The quantitative estimate of drug-likeness (QED) is 0.792. The van der Waals surface area contributed by atoms with Crippen molar-refractivity contribution in [2.45, 2.75) is 19.3 Å². The van der Waals surface area contributed by atoms with Crippen molar-refractivity contribution in [2.75, 3.05) is 19.6 Å². The zero-order chi connectivity index (χ0) is 10.7. The maximum atomic E-state index is 12.1. The molecule has 1 amide bonds. The van der Waals surface area contributed by atoms with Crippen LogP contribution in [0, 0.1) is 35.5 Å². The van der Waals surface area contributed by atoms with E-state index < -0.39 is 0 Å². The Morgan fingerprint density at radius 2 is 1.82 bits per heavy atom. The molecule has 4 rings (SSSR count). The molecule has 3 saturated carbocycles. The van der Waals surface area contributed by atoms with Crippen LogP contribution in [0.5, 0.6) is 0 Å². The van der Waals surface area contributed by atoms with Crippen molar-refractivity contribution < 1.29 is 4.79 Å². The van der Waals surface area contributed by atoms with Gasteiger partial charge in [-0.25, -0.2) is 0 Å². The Morgan fingerprint density at radius 1 is 1.18 bits per heavy atom. The lowest BCUT2D eigenvalue weighted by molar-refractivity contribution is -0.123. The molecule has 4 heteroatoms. The maximum absolute atomic E-state index is 12.1. The molecule has 4 fully saturated rings. The van der Waals surface area contributed by atoms with Gasteiger partial charge in [-0.05, 0) is 42.9 Å². The predicted molar refractivity (Wildman–Crippen MR) is 67.9 cm³/mol. The normalized spacial score (nSPS) is 45.8. The zero-order valence-electron chi connectivity index (χ0n) is 10.0. The summed E-state index contributed by atoms with van der Waals surface area (Å²) in [7, 11) is 0. The highest BCUT2D eigenvalue weighted by Gasteiger charge is 2.67. The smallest absolute Gasteiger partial charge is 0.223 e. The zero-order valence-corrected chi connectivity index (χ0v) is 10.8. The molecule has 0 radical (unpaired) electrons. The van der Waals surface area contributed by atoms with Gasteiger partial charge >= 0.3 is 0 Å². The lowest BCUT2D eigenvalue weighted by Crippen LogP contribution is -2.48. The monoisotopic (exact) mass is 256 g/mol. The van der Waals surface area contributed by atoms with E-state index in [4.69, 9.17) is 0 Å². The predicted octanol–water partition coefficient (Wildman–Crippen LogP) is 1.04. The highest BCUT2D eigenvalue weighted by molar-refractivity contribution is 5.85. The van der Waals surface area contributed by atoms with Crippen LogP contribution in [-0.4, -0.2) is 25.5 Å². The number of hydrogen-bond donors (Lipinski definition) is 2. The van der Waals surface area contributed by atoms with Crippen molar-refractivity contribution in [3.8, 4) is 0 Å². The van der Waals surface area contributed by atoms with Crippen LogP contribution >= 0.6 is 12.4 Å². The number of nitrogens with one attached hydrogen (secondary N) is 2. The van der Waals surface area contributed by atoms with Crippen LogP contribution in [0.25, 0.3) is 0 Å². The number of carbonyl (C=O) groups excluding carboxylic acids is 1. The van der Waals surface area contributed by atoms with Crippen molar-refractivity contribution in [3.63, 3.8) is 0 Å². The van der Waals surface area contributed by atoms with E-state index in [2.05, 4.69) is 10.6 Å². The van der Waals surface area contributed by atoms with Gasteiger partial charge in [0.25, 0.3) is 0 Å². The average molecular weight is 257 g/mol. The molecule has 2 bridgehead atoms. The summed E-state index contributed by atoms with van der Waals surface area (Å²) in [5.41, 5.74) is 0. The fourth-order valence-corrected chi connectivity index (χ4v) is 4.53. The molecule has 3 nitrogen and oxygen atoms in total. The van der Waals surface area contributed by atoms with Gasteiger partial charge in [-0.1, -0.05) is 0 Å². The molecule has 1 saturated heterocycles. The third kappa shape index (κ3) is 1.70. The number of fused-ring (bicyclic) bond motifs is 5. The van der Waals surface area contributed by atoms with Crippen molar-refractivity contribution in [1.82, 2.24) is 10.6 Å². The van der Waals surface area contributed by atoms with Crippen LogP contribution in [0.1, 0.15) is 19.3 Å². The summed E-state index contributed by atoms with van der Waals surface area (Å²) < 4.78 is 0. The van der Waals surface area contributed by atoms with Gasteiger partial charge in [0.15, 0.2) is 0 Å². The summed E-state index contributed by atoms with van der Waals surface area (Å²) in [6, 6.07) is 0. The molecule has 17 heavy (non-hydrogen) atoms. The first kappa shape index (κ1) is 11.8. The van der Waals surface area contributed by atoms with E-state index in [0.717, 1.165) is 43.3 Å². The number of rotatable bonds is 3. The van der Waals surface area contributed by atoms with Crippen LogP contribution in [0.15, 0.2) is 0 Å². The Bertz CT molecular complexity index is 315. The summed E-state index contributed by atoms with van der Waals surface area (Å²) in [5, 5.41) is 6.41. The van der Waals surface area contributed by atoms with Gasteiger partial charge in [0.05, 0.1) is 0 Å². The lowest BCUT2D eigenvalue weighted by Gasteiger charge is -2.27. The molecule has 0 spiro atoms. The van der Waals surface area contributed by atoms with E-state index in [-0.39, 0.29) is 12.4 Å². The van der Waals surface area contributed by atoms with E-state index in [1.165, 1.54) is 19.3 Å². The van der Waals surface area contributed by atoms with Crippen molar-refractivity contribution >= 4 is 18.3 Å².